The molecule has 0 bridgehead atoms. The Hall–Kier alpha value is -3.79. The molecular weight excluding hydrogens is 526 g/mol. The molecule has 0 spiro atoms. The average Bonchev–Trinajstić information content (AvgIpc) is 2.88. The zero-order valence-electron chi connectivity index (χ0n) is 21.1. The average molecular weight is 553 g/mol. The fourth-order valence-electron chi connectivity index (χ4n) is 3.78. The number of carboxylic acid groups (broad SMARTS) is 1. The summed E-state index contributed by atoms with van der Waals surface area (Å²) in [6.07, 6.45) is -8.76. The Labute approximate surface area is 221 Å². The van der Waals surface area contributed by atoms with Gasteiger partial charge in [0.25, 0.3) is 0 Å². The first-order chi connectivity index (χ1) is 18.3. The van der Waals surface area contributed by atoms with E-state index in [4.69, 9.17) is 9.47 Å². The van der Waals surface area contributed by atoms with Crippen molar-refractivity contribution < 1.29 is 45.7 Å². The van der Waals surface area contributed by atoms with Gasteiger partial charge in [-0.05, 0) is 78.1 Å². The number of aliphatic carboxylic acids is 1. The maximum Gasteiger partial charge on any atom is 0.416 e. The van der Waals surface area contributed by atoms with E-state index < -0.39 is 35.6 Å². The molecule has 0 saturated heterocycles. The number of hydrogen-bond acceptors (Lipinski definition) is 3. The molecule has 1 atom stereocenters. The minimum atomic E-state index is -4.92. The number of carbonyl (C=O) groups is 1. The van der Waals surface area contributed by atoms with Crippen molar-refractivity contribution in [3.05, 3.63) is 95.1 Å². The van der Waals surface area contributed by atoms with Gasteiger partial charge in [0.15, 0.2) is 6.10 Å². The number of allylic oxidation sites excluding steroid dienone is 1. The van der Waals surface area contributed by atoms with Gasteiger partial charge in [-0.3, -0.25) is 0 Å². The third-order valence-electron chi connectivity index (χ3n) is 5.89. The van der Waals surface area contributed by atoms with Crippen LogP contribution in [0.2, 0.25) is 0 Å². The lowest BCUT2D eigenvalue weighted by molar-refractivity contribution is -0.150. The lowest BCUT2D eigenvalue weighted by Gasteiger charge is -2.14. The molecule has 1 unspecified atom stereocenters. The zero-order valence-corrected chi connectivity index (χ0v) is 21.1. The summed E-state index contributed by atoms with van der Waals surface area (Å²) in [5.74, 6) is -0.474. The van der Waals surface area contributed by atoms with Gasteiger partial charge in [0, 0.05) is 13.0 Å². The molecule has 0 saturated carbocycles. The summed E-state index contributed by atoms with van der Waals surface area (Å²) in [5, 5.41) is 9.20. The second-order valence-electron chi connectivity index (χ2n) is 8.70. The van der Waals surface area contributed by atoms with Crippen molar-refractivity contribution >= 4 is 11.5 Å². The van der Waals surface area contributed by atoms with E-state index in [0.29, 0.717) is 17.9 Å². The molecule has 4 nitrogen and oxygen atoms in total. The van der Waals surface area contributed by atoms with Crippen LogP contribution < -0.4 is 4.74 Å². The zero-order chi connectivity index (χ0) is 28.8. The summed E-state index contributed by atoms with van der Waals surface area (Å²) < 4.78 is 90.0. The number of benzene rings is 3. The molecule has 3 aromatic carbocycles. The number of rotatable bonds is 10. The molecule has 3 aromatic rings. The number of carboxylic acids is 1. The van der Waals surface area contributed by atoms with Crippen LogP contribution in [0.15, 0.2) is 72.8 Å². The molecule has 0 radical (unpaired) electrons. The molecule has 0 fully saturated rings. The van der Waals surface area contributed by atoms with E-state index in [1.807, 2.05) is 0 Å². The first-order valence-electron chi connectivity index (χ1n) is 11.9. The predicted octanol–water partition coefficient (Wildman–Crippen LogP) is 7.91. The molecule has 0 aromatic heterocycles. The Bertz CT molecular complexity index is 1260. The van der Waals surface area contributed by atoms with Crippen LogP contribution in [0.3, 0.4) is 0 Å². The van der Waals surface area contributed by atoms with Gasteiger partial charge in [0.2, 0.25) is 0 Å². The topological polar surface area (TPSA) is 55.8 Å². The fourth-order valence-corrected chi connectivity index (χ4v) is 3.78. The van der Waals surface area contributed by atoms with Gasteiger partial charge in [0.05, 0.1) is 11.1 Å². The lowest BCUT2D eigenvalue weighted by Crippen LogP contribution is -2.26. The highest BCUT2D eigenvalue weighted by Crippen LogP contribution is 2.38. The number of alkyl halides is 6. The SMILES string of the molecule is CCOC(Cc1ccc(OCC=C(C)c2ccc(-c3cc(C(F)(F)F)cc(C(F)(F)F)c3)cc2)cc1)C(=O)O. The Morgan fingerprint density at radius 1 is 0.872 bits per heavy atom. The van der Waals surface area contributed by atoms with Crippen LogP contribution in [0.25, 0.3) is 16.7 Å². The maximum atomic E-state index is 13.2. The minimum Gasteiger partial charge on any atom is -0.490 e. The second kappa shape index (κ2) is 12.4. The molecule has 0 aliphatic carbocycles. The second-order valence-corrected chi connectivity index (χ2v) is 8.70. The monoisotopic (exact) mass is 552 g/mol. The van der Waals surface area contributed by atoms with E-state index in [2.05, 4.69) is 0 Å². The molecule has 208 valence electrons. The van der Waals surface area contributed by atoms with Crippen LogP contribution in [-0.2, 0) is 28.3 Å². The van der Waals surface area contributed by atoms with Gasteiger partial charge in [-0.1, -0.05) is 36.4 Å². The van der Waals surface area contributed by atoms with Crippen molar-refractivity contribution in [2.24, 2.45) is 0 Å². The van der Waals surface area contributed by atoms with E-state index in [-0.39, 0.29) is 36.8 Å². The summed E-state index contributed by atoms with van der Waals surface area (Å²) in [6, 6.07) is 14.6. The van der Waals surface area contributed by atoms with Crippen LogP contribution >= 0.6 is 0 Å². The van der Waals surface area contributed by atoms with Crippen molar-refractivity contribution in [2.75, 3.05) is 13.2 Å². The van der Waals surface area contributed by atoms with Crippen molar-refractivity contribution in [3.8, 4) is 16.9 Å². The summed E-state index contributed by atoms with van der Waals surface area (Å²) in [5.41, 5.74) is -0.419. The van der Waals surface area contributed by atoms with Crippen molar-refractivity contribution in [1.82, 2.24) is 0 Å². The van der Waals surface area contributed by atoms with Gasteiger partial charge in [-0.2, -0.15) is 26.3 Å². The Morgan fingerprint density at radius 3 is 1.92 bits per heavy atom. The van der Waals surface area contributed by atoms with E-state index in [0.717, 1.165) is 16.7 Å². The van der Waals surface area contributed by atoms with Gasteiger partial charge in [0.1, 0.15) is 12.4 Å². The predicted molar refractivity (Wildman–Crippen MR) is 134 cm³/mol. The van der Waals surface area contributed by atoms with Gasteiger partial charge < -0.3 is 14.6 Å². The third-order valence-corrected chi connectivity index (χ3v) is 5.89. The standard InChI is InChI=1S/C29H26F6O4/c1-3-38-26(27(36)37)14-19-4-10-25(11-5-19)39-13-12-18(2)20-6-8-21(9-7-20)22-15-23(28(30,31)32)17-24(16-22)29(33,34)35/h4-12,15-17,26H,3,13-14H2,1-2H3,(H,36,37). The minimum absolute atomic E-state index is 0.103. The Balaban J connectivity index is 1.67. The van der Waals surface area contributed by atoms with Crippen molar-refractivity contribution in [2.45, 2.75) is 38.7 Å². The maximum absolute atomic E-state index is 13.2. The molecule has 1 N–H and O–H groups in total. The van der Waals surface area contributed by atoms with Crippen LogP contribution in [0.1, 0.15) is 36.1 Å². The van der Waals surface area contributed by atoms with Crippen LogP contribution in [0.5, 0.6) is 5.75 Å². The van der Waals surface area contributed by atoms with Crippen molar-refractivity contribution in [3.63, 3.8) is 0 Å². The molecule has 0 aliphatic heterocycles. The molecular formula is C29H26F6O4. The van der Waals surface area contributed by atoms with Crippen LogP contribution in [0.4, 0.5) is 26.3 Å². The first kappa shape index (κ1) is 29.8. The van der Waals surface area contributed by atoms with Crippen LogP contribution in [0, 0.1) is 0 Å². The van der Waals surface area contributed by atoms with Crippen LogP contribution in [-0.4, -0.2) is 30.4 Å². The molecule has 0 aliphatic rings. The van der Waals surface area contributed by atoms with Gasteiger partial charge in [-0.15, -0.1) is 0 Å². The van der Waals surface area contributed by atoms with Gasteiger partial charge in [-0.25, -0.2) is 4.79 Å². The summed E-state index contributed by atoms with van der Waals surface area (Å²) in [4.78, 5) is 11.2. The number of hydrogen-bond donors (Lipinski definition) is 1. The third kappa shape index (κ3) is 8.35. The quantitative estimate of drug-likeness (QED) is 0.260. The summed E-state index contributed by atoms with van der Waals surface area (Å²) >= 11 is 0. The smallest absolute Gasteiger partial charge is 0.416 e. The lowest BCUT2D eigenvalue weighted by atomic mass is 9.97. The molecule has 39 heavy (non-hydrogen) atoms. The largest absolute Gasteiger partial charge is 0.490 e. The van der Waals surface area contributed by atoms with Gasteiger partial charge >= 0.3 is 18.3 Å². The molecule has 0 heterocycles. The highest BCUT2D eigenvalue weighted by atomic mass is 19.4. The highest BCUT2D eigenvalue weighted by Gasteiger charge is 2.37. The molecule has 3 rings (SSSR count). The number of ether oxygens (including phenoxy) is 2. The normalized spacial score (nSPS) is 13.3. The number of halogens is 6. The molecule has 10 heteroatoms. The Morgan fingerprint density at radius 2 is 1.44 bits per heavy atom. The summed E-state index contributed by atoms with van der Waals surface area (Å²) in [6.45, 7) is 4.01. The summed E-state index contributed by atoms with van der Waals surface area (Å²) in [7, 11) is 0. The van der Waals surface area contributed by atoms with Crippen molar-refractivity contribution in [1.29, 1.82) is 0 Å². The van der Waals surface area contributed by atoms with E-state index in [9.17, 15) is 36.2 Å². The first-order valence-corrected chi connectivity index (χ1v) is 11.9. The van der Waals surface area contributed by atoms with E-state index >= 15 is 0 Å². The Kier molecular flexibility index (Phi) is 9.45. The highest BCUT2D eigenvalue weighted by molar-refractivity contribution is 5.73. The molecule has 0 amide bonds. The van der Waals surface area contributed by atoms with E-state index in [1.54, 1.807) is 56.3 Å². The fraction of sp³-hybridized carbons (Fsp3) is 0.276. The van der Waals surface area contributed by atoms with E-state index in [1.165, 1.54) is 12.1 Å².